The highest BCUT2D eigenvalue weighted by atomic mass is 16.6. The number of hydrogen-bond donors (Lipinski definition) is 2. The highest BCUT2D eigenvalue weighted by molar-refractivity contribution is 6.03. The van der Waals surface area contributed by atoms with Crippen LogP contribution in [0.2, 0.25) is 0 Å². The van der Waals surface area contributed by atoms with E-state index in [1.807, 2.05) is 6.07 Å². The molecule has 3 aromatic rings. The lowest BCUT2D eigenvalue weighted by atomic mass is 10.0. The standard InChI is InChI=1S/C22H17N5O6/c1-14(28)21(22(29)23-17-8-10-18(11-9-17)26(30)31)25-24-19-12-7-16(13-20(19)27(32)33)15-5-3-2-4-6-15/h2-13,28H,1H3,(H,23,29)/b21-14-,25-24?. The number of amides is 1. The van der Waals surface area contributed by atoms with Crippen molar-refractivity contribution in [3.05, 3.63) is 104 Å². The van der Waals surface area contributed by atoms with E-state index in [4.69, 9.17) is 0 Å². The Morgan fingerprint density at radius 3 is 2.15 bits per heavy atom. The van der Waals surface area contributed by atoms with Gasteiger partial charge >= 0.3 is 0 Å². The zero-order chi connectivity index (χ0) is 24.0. The number of carbonyl (C=O) groups excluding carboxylic acids is 1. The van der Waals surface area contributed by atoms with Crippen LogP contribution in [0.1, 0.15) is 6.92 Å². The van der Waals surface area contributed by atoms with Crippen LogP contribution in [0.5, 0.6) is 0 Å². The summed E-state index contributed by atoms with van der Waals surface area (Å²) in [5.74, 6) is -1.32. The second-order valence-electron chi connectivity index (χ2n) is 6.72. The predicted octanol–water partition coefficient (Wildman–Crippen LogP) is 5.68. The van der Waals surface area contributed by atoms with Crippen LogP contribution in [0.25, 0.3) is 11.1 Å². The Labute approximate surface area is 187 Å². The van der Waals surface area contributed by atoms with Crippen molar-refractivity contribution in [2.75, 3.05) is 5.32 Å². The summed E-state index contributed by atoms with van der Waals surface area (Å²) in [6.07, 6.45) is 0. The van der Waals surface area contributed by atoms with E-state index in [9.17, 15) is 30.1 Å². The number of rotatable bonds is 7. The second-order valence-corrected chi connectivity index (χ2v) is 6.72. The van der Waals surface area contributed by atoms with Gasteiger partial charge < -0.3 is 10.4 Å². The molecule has 0 atom stereocenters. The molecule has 0 fully saturated rings. The van der Waals surface area contributed by atoms with E-state index in [2.05, 4.69) is 15.5 Å². The zero-order valence-electron chi connectivity index (χ0n) is 17.2. The molecule has 33 heavy (non-hydrogen) atoms. The third-order valence-electron chi connectivity index (χ3n) is 4.43. The van der Waals surface area contributed by atoms with Gasteiger partial charge in [-0.3, -0.25) is 25.0 Å². The summed E-state index contributed by atoms with van der Waals surface area (Å²) >= 11 is 0. The number of non-ortho nitro benzene ring substituents is 1. The molecule has 3 rings (SSSR count). The number of hydrogen-bond acceptors (Lipinski definition) is 8. The minimum Gasteiger partial charge on any atom is -0.510 e. The summed E-state index contributed by atoms with van der Waals surface area (Å²) in [6.45, 7) is 1.21. The Kier molecular flexibility index (Phi) is 6.84. The number of carbonyl (C=O) groups is 1. The second kappa shape index (κ2) is 9.92. The topological polar surface area (TPSA) is 160 Å². The number of benzene rings is 3. The molecule has 0 unspecified atom stereocenters. The Hall–Kier alpha value is -4.93. The van der Waals surface area contributed by atoms with Gasteiger partial charge in [0.25, 0.3) is 17.3 Å². The first kappa shape index (κ1) is 22.7. The first-order valence-electron chi connectivity index (χ1n) is 9.47. The van der Waals surface area contributed by atoms with Crippen LogP contribution in [-0.4, -0.2) is 20.9 Å². The van der Waals surface area contributed by atoms with E-state index in [1.165, 1.54) is 43.3 Å². The quantitative estimate of drug-likeness (QED) is 0.156. The maximum absolute atomic E-state index is 12.5. The van der Waals surface area contributed by atoms with E-state index < -0.39 is 27.2 Å². The molecule has 11 heteroatoms. The molecule has 0 aromatic heterocycles. The minimum atomic E-state index is -0.851. The fourth-order valence-corrected chi connectivity index (χ4v) is 2.81. The van der Waals surface area contributed by atoms with E-state index in [0.717, 1.165) is 5.56 Å². The van der Waals surface area contributed by atoms with Crippen molar-refractivity contribution in [2.45, 2.75) is 6.92 Å². The lowest BCUT2D eigenvalue weighted by Gasteiger charge is -2.06. The van der Waals surface area contributed by atoms with E-state index in [1.54, 1.807) is 30.3 Å². The van der Waals surface area contributed by atoms with Crippen LogP contribution in [0.4, 0.5) is 22.7 Å². The molecule has 0 aliphatic heterocycles. The summed E-state index contributed by atoms with van der Waals surface area (Å²) in [5.41, 5.74) is 0.526. The number of nitro groups is 2. The van der Waals surface area contributed by atoms with Crippen LogP contribution >= 0.6 is 0 Å². The Morgan fingerprint density at radius 1 is 0.909 bits per heavy atom. The first-order chi connectivity index (χ1) is 15.8. The van der Waals surface area contributed by atoms with Crippen molar-refractivity contribution < 1.29 is 19.7 Å². The van der Waals surface area contributed by atoms with Crippen LogP contribution in [0.3, 0.4) is 0 Å². The third kappa shape index (κ3) is 5.61. The number of allylic oxidation sites excluding steroid dienone is 1. The van der Waals surface area contributed by atoms with Crippen LogP contribution in [0, 0.1) is 20.2 Å². The Balaban J connectivity index is 1.86. The summed E-state index contributed by atoms with van der Waals surface area (Å²) in [6, 6.07) is 18.4. The maximum atomic E-state index is 12.5. The molecule has 0 heterocycles. The number of nitrogens with zero attached hydrogens (tertiary/aromatic N) is 4. The Morgan fingerprint density at radius 2 is 1.58 bits per heavy atom. The SMILES string of the molecule is C/C(O)=C(/N=Nc1ccc(-c2ccccc2)cc1[N+](=O)[O-])C(=O)Nc1ccc([N+](=O)[O-])cc1. The lowest BCUT2D eigenvalue weighted by molar-refractivity contribution is -0.384. The van der Waals surface area contributed by atoms with Gasteiger partial charge in [-0.25, -0.2) is 0 Å². The van der Waals surface area contributed by atoms with Gasteiger partial charge in [0.2, 0.25) is 0 Å². The van der Waals surface area contributed by atoms with Gasteiger partial charge in [-0.1, -0.05) is 36.4 Å². The number of azo groups is 1. The van der Waals surface area contributed by atoms with Crippen molar-refractivity contribution >= 4 is 28.7 Å². The maximum Gasteiger partial charge on any atom is 0.297 e. The molecule has 0 aliphatic carbocycles. The fraction of sp³-hybridized carbons (Fsp3) is 0.0455. The number of anilines is 1. The summed E-state index contributed by atoms with van der Waals surface area (Å²) < 4.78 is 0. The molecular weight excluding hydrogens is 430 g/mol. The van der Waals surface area contributed by atoms with Gasteiger partial charge in [-0.05, 0) is 36.2 Å². The molecule has 3 aromatic carbocycles. The van der Waals surface area contributed by atoms with Gasteiger partial charge in [0, 0.05) is 23.9 Å². The molecule has 0 spiro atoms. The van der Waals surface area contributed by atoms with Gasteiger partial charge in [-0.2, -0.15) is 0 Å². The molecule has 2 N–H and O–H groups in total. The van der Waals surface area contributed by atoms with Crippen LogP contribution in [0.15, 0.2) is 94.5 Å². The monoisotopic (exact) mass is 447 g/mol. The van der Waals surface area contributed by atoms with Crippen molar-refractivity contribution in [1.82, 2.24) is 0 Å². The summed E-state index contributed by atoms with van der Waals surface area (Å²) in [5, 5.41) is 42.1. The molecule has 0 saturated heterocycles. The van der Waals surface area contributed by atoms with Gasteiger partial charge in [0.05, 0.1) is 9.85 Å². The van der Waals surface area contributed by atoms with Crippen molar-refractivity contribution in [1.29, 1.82) is 0 Å². The molecule has 0 radical (unpaired) electrons. The minimum absolute atomic E-state index is 0.110. The predicted molar refractivity (Wildman–Crippen MR) is 120 cm³/mol. The average Bonchev–Trinajstić information content (AvgIpc) is 2.80. The highest BCUT2D eigenvalue weighted by Crippen LogP contribution is 2.33. The number of aliphatic hydroxyl groups is 1. The number of nitrogens with one attached hydrogen (secondary N) is 1. The molecular formula is C22H17N5O6. The van der Waals surface area contributed by atoms with E-state index >= 15 is 0 Å². The molecule has 11 nitrogen and oxygen atoms in total. The van der Waals surface area contributed by atoms with Crippen LogP contribution in [-0.2, 0) is 4.79 Å². The van der Waals surface area contributed by atoms with Crippen molar-refractivity contribution in [3.63, 3.8) is 0 Å². The third-order valence-corrected chi connectivity index (χ3v) is 4.43. The average molecular weight is 447 g/mol. The van der Waals surface area contributed by atoms with Gasteiger partial charge in [0.1, 0.15) is 5.76 Å². The number of nitro benzene ring substituents is 2. The lowest BCUT2D eigenvalue weighted by Crippen LogP contribution is -2.14. The highest BCUT2D eigenvalue weighted by Gasteiger charge is 2.18. The Bertz CT molecular complexity index is 1270. The normalized spacial score (nSPS) is 11.7. The molecule has 1 amide bonds. The van der Waals surface area contributed by atoms with Gasteiger partial charge in [0.15, 0.2) is 11.4 Å². The number of aliphatic hydroxyl groups excluding tert-OH is 1. The molecule has 0 saturated carbocycles. The largest absolute Gasteiger partial charge is 0.510 e. The first-order valence-corrected chi connectivity index (χ1v) is 9.47. The molecule has 0 bridgehead atoms. The smallest absolute Gasteiger partial charge is 0.297 e. The molecule has 0 aliphatic rings. The van der Waals surface area contributed by atoms with E-state index in [-0.39, 0.29) is 22.7 Å². The molecule has 166 valence electrons. The summed E-state index contributed by atoms with van der Waals surface area (Å²) in [4.78, 5) is 33.6. The van der Waals surface area contributed by atoms with Gasteiger partial charge in [-0.15, -0.1) is 10.2 Å². The van der Waals surface area contributed by atoms with Crippen molar-refractivity contribution in [3.8, 4) is 11.1 Å². The van der Waals surface area contributed by atoms with E-state index in [0.29, 0.717) is 5.56 Å². The fourth-order valence-electron chi connectivity index (χ4n) is 2.81. The van der Waals surface area contributed by atoms with Crippen molar-refractivity contribution in [2.24, 2.45) is 10.2 Å². The summed E-state index contributed by atoms with van der Waals surface area (Å²) in [7, 11) is 0. The van der Waals surface area contributed by atoms with Crippen LogP contribution < -0.4 is 5.32 Å². The zero-order valence-corrected chi connectivity index (χ0v) is 17.2.